The minimum atomic E-state index is 0.568. The Balaban J connectivity index is 1.66. The molecule has 0 amide bonds. The molecule has 1 saturated heterocycles. The molecule has 4 rings (SSSR count). The summed E-state index contributed by atoms with van der Waals surface area (Å²) >= 11 is 0. The number of nitrogens with one attached hydrogen (secondary N) is 1. The molecule has 23 heavy (non-hydrogen) atoms. The molecule has 0 bridgehead atoms. The van der Waals surface area contributed by atoms with E-state index in [1.807, 2.05) is 22.7 Å². The number of aryl methyl sites for hydroxylation is 1. The summed E-state index contributed by atoms with van der Waals surface area (Å²) in [6.45, 7) is 4.39. The summed E-state index contributed by atoms with van der Waals surface area (Å²) in [4.78, 5) is 11.2. The van der Waals surface area contributed by atoms with Crippen molar-refractivity contribution in [1.29, 1.82) is 0 Å². The Kier molecular flexibility index (Phi) is 3.57. The van der Waals surface area contributed by atoms with Gasteiger partial charge < -0.3 is 10.2 Å². The zero-order valence-corrected chi connectivity index (χ0v) is 13.2. The van der Waals surface area contributed by atoms with E-state index in [9.17, 15) is 0 Å². The SMILES string of the molecule is Cc1cc2nc(Nc3ccccn3)nn2cc1N1CCCCC1. The number of hydrogen-bond acceptors (Lipinski definition) is 5. The molecule has 6 heteroatoms. The smallest absolute Gasteiger partial charge is 0.248 e. The number of nitrogens with zero attached hydrogens (tertiary/aromatic N) is 5. The fourth-order valence-electron chi connectivity index (χ4n) is 3.08. The quantitative estimate of drug-likeness (QED) is 0.805. The van der Waals surface area contributed by atoms with Gasteiger partial charge in [-0.1, -0.05) is 6.07 Å². The van der Waals surface area contributed by atoms with Gasteiger partial charge >= 0.3 is 0 Å². The van der Waals surface area contributed by atoms with Crippen molar-refractivity contribution in [1.82, 2.24) is 19.6 Å². The number of piperidine rings is 1. The van der Waals surface area contributed by atoms with Crippen LogP contribution in [0.4, 0.5) is 17.5 Å². The minimum Gasteiger partial charge on any atom is -0.370 e. The zero-order valence-electron chi connectivity index (χ0n) is 13.2. The predicted octanol–water partition coefficient (Wildman–Crippen LogP) is 3.17. The van der Waals surface area contributed by atoms with Crippen molar-refractivity contribution in [2.45, 2.75) is 26.2 Å². The lowest BCUT2D eigenvalue weighted by molar-refractivity contribution is 0.576. The van der Waals surface area contributed by atoms with E-state index in [1.54, 1.807) is 6.20 Å². The Morgan fingerprint density at radius 3 is 2.78 bits per heavy atom. The van der Waals surface area contributed by atoms with Gasteiger partial charge in [-0.2, -0.15) is 4.98 Å². The lowest BCUT2D eigenvalue weighted by Crippen LogP contribution is -2.30. The number of hydrogen-bond donors (Lipinski definition) is 1. The third-order valence-electron chi connectivity index (χ3n) is 4.25. The molecule has 0 atom stereocenters. The van der Waals surface area contributed by atoms with E-state index in [-0.39, 0.29) is 0 Å². The third kappa shape index (κ3) is 2.84. The molecule has 0 radical (unpaired) electrons. The van der Waals surface area contributed by atoms with Crippen LogP contribution < -0.4 is 10.2 Å². The normalized spacial score (nSPS) is 15.1. The summed E-state index contributed by atoms with van der Waals surface area (Å²) in [5.41, 5.74) is 3.35. The largest absolute Gasteiger partial charge is 0.370 e. The Bertz CT molecular complexity index is 805. The highest BCUT2D eigenvalue weighted by atomic mass is 15.4. The van der Waals surface area contributed by atoms with Gasteiger partial charge in [-0.05, 0) is 49.9 Å². The highest BCUT2D eigenvalue weighted by Gasteiger charge is 2.15. The topological polar surface area (TPSA) is 58.4 Å². The highest BCUT2D eigenvalue weighted by Crippen LogP contribution is 2.25. The zero-order chi connectivity index (χ0) is 15.6. The second-order valence-corrected chi connectivity index (χ2v) is 5.97. The van der Waals surface area contributed by atoms with Crippen molar-refractivity contribution in [3.8, 4) is 0 Å². The second kappa shape index (κ2) is 5.87. The number of rotatable bonds is 3. The molecular formula is C17H20N6. The first-order valence-corrected chi connectivity index (χ1v) is 8.10. The maximum Gasteiger partial charge on any atom is 0.248 e. The van der Waals surface area contributed by atoms with E-state index in [2.05, 4.69) is 44.5 Å². The van der Waals surface area contributed by atoms with E-state index in [1.165, 1.54) is 30.5 Å². The summed E-state index contributed by atoms with van der Waals surface area (Å²) in [6.07, 6.45) is 7.70. The molecule has 6 nitrogen and oxygen atoms in total. The van der Waals surface area contributed by atoms with Crippen LogP contribution in [-0.2, 0) is 0 Å². The van der Waals surface area contributed by atoms with Crippen LogP contribution in [0.1, 0.15) is 24.8 Å². The van der Waals surface area contributed by atoms with Gasteiger partial charge in [-0.15, -0.1) is 5.10 Å². The molecule has 1 N–H and O–H groups in total. The summed E-state index contributed by atoms with van der Waals surface area (Å²) in [5.74, 6) is 1.32. The first kappa shape index (κ1) is 14.0. The lowest BCUT2D eigenvalue weighted by atomic mass is 10.1. The number of anilines is 3. The van der Waals surface area contributed by atoms with Gasteiger partial charge in [0.2, 0.25) is 5.95 Å². The average Bonchev–Trinajstić information content (AvgIpc) is 2.97. The number of pyridine rings is 2. The van der Waals surface area contributed by atoms with Gasteiger partial charge in [0.1, 0.15) is 5.82 Å². The van der Waals surface area contributed by atoms with Crippen molar-refractivity contribution < 1.29 is 0 Å². The van der Waals surface area contributed by atoms with Crippen molar-refractivity contribution in [2.24, 2.45) is 0 Å². The van der Waals surface area contributed by atoms with Gasteiger partial charge in [-0.25, -0.2) is 9.50 Å². The van der Waals surface area contributed by atoms with Gasteiger partial charge in [0.05, 0.1) is 11.9 Å². The highest BCUT2D eigenvalue weighted by molar-refractivity contribution is 5.60. The Hall–Kier alpha value is -2.63. The van der Waals surface area contributed by atoms with Crippen LogP contribution >= 0.6 is 0 Å². The Morgan fingerprint density at radius 1 is 1.13 bits per heavy atom. The third-order valence-corrected chi connectivity index (χ3v) is 4.25. The number of aromatic nitrogens is 4. The summed E-state index contributed by atoms with van der Waals surface area (Å²) in [7, 11) is 0. The van der Waals surface area contributed by atoms with E-state index in [0.29, 0.717) is 5.95 Å². The van der Waals surface area contributed by atoms with Gasteiger partial charge in [-0.3, -0.25) is 0 Å². The molecule has 4 heterocycles. The summed E-state index contributed by atoms with van der Waals surface area (Å²) < 4.78 is 1.85. The van der Waals surface area contributed by atoms with E-state index >= 15 is 0 Å². The first-order valence-electron chi connectivity index (χ1n) is 8.10. The monoisotopic (exact) mass is 308 g/mol. The molecule has 118 valence electrons. The van der Waals surface area contributed by atoms with Gasteiger partial charge in [0, 0.05) is 19.3 Å². The maximum atomic E-state index is 4.54. The van der Waals surface area contributed by atoms with Crippen LogP contribution in [0.25, 0.3) is 5.65 Å². The van der Waals surface area contributed by atoms with Crippen LogP contribution in [-0.4, -0.2) is 32.7 Å². The molecule has 3 aromatic heterocycles. The Morgan fingerprint density at radius 2 is 2.00 bits per heavy atom. The fourth-order valence-corrected chi connectivity index (χ4v) is 3.08. The molecule has 1 aliphatic heterocycles. The van der Waals surface area contributed by atoms with Crippen molar-refractivity contribution in [3.05, 3.63) is 42.2 Å². The maximum absolute atomic E-state index is 4.54. The van der Waals surface area contributed by atoms with Crippen LogP contribution in [0.2, 0.25) is 0 Å². The molecule has 1 aliphatic rings. The Labute approximate surface area is 135 Å². The second-order valence-electron chi connectivity index (χ2n) is 5.97. The van der Waals surface area contributed by atoms with Crippen molar-refractivity contribution >= 4 is 23.1 Å². The molecular weight excluding hydrogens is 288 g/mol. The minimum absolute atomic E-state index is 0.568. The van der Waals surface area contributed by atoms with Gasteiger partial charge in [0.25, 0.3) is 0 Å². The molecule has 0 spiro atoms. The van der Waals surface area contributed by atoms with Crippen LogP contribution in [0.15, 0.2) is 36.7 Å². The van der Waals surface area contributed by atoms with E-state index in [0.717, 1.165) is 24.6 Å². The van der Waals surface area contributed by atoms with E-state index in [4.69, 9.17) is 0 Å². The molecule has 0 unspecified atom stereocenters. The number of fused-ring (bicyclic) bond motifs is 1. The van der Waals surface area contributed by atoms with Crippen LogP contribution in [0.5, 0.6) is 0 Å². The molecule has 3 aromatic rings. The van der Waals surface area contributed by atoms with Crippen LogP contribution in [0.3, 0.4) is 0 Å². The van der Waals surface area contributed by atoms with Crippen LogP contribution in [0, 0.1) is 6.92 Å². The average molecular weight is 308 g/mol. The molecule has 0 aromatic carbocycles. The fraction of sp³-hybridized carbons (Fsp3) is 0.353. The molecule has 1 fully saturated rings. The van der Waals surface area contributed by atoms with Crippen molar-refractivity contribution in [2.75, 3.05) is 23.3 Å². The predicted molar refractivity (Wildman–Crippen MR) is 91.3 cm³/mol. The van der Waals surface area contributed by atoms with Gasteiger partial charge in [0.15, 0.2) is 5.65 Å². The standard InChI is InChI=1S/C17H20N6/c1-13-11-16-20-17(19-15-7-3-4-8-18-15)21-23(16)12-14(13)22-9-5-2-6-10-22/h3-4,7-8,11-12H,2,5-6,9-10H2,1H3,(H,18,19,21). The van der Waals surface area contributed by atoms with E-state index < -0.39 is 0 Å². The molecule has 0 aliphatic carbocycles. The first-order chi connectivity index (χ1) is 11.3. The lowest BCUT2D eigenvalue weighted by Gasteiger charge is -2.29. The summed E-state index contributed by atoms with van der Waals surface area (Å²) in [6, 6.07) is 7.82. The van der Waals surface area contributed by atoms with Crippen molar-refractivity contribution in [3.63, 3.8) is 0 Å². The molecule has 0 saturated carbocycles. The summed E-state index contributed by atoms with van der Waals surface area (Å²) in [5, 5.41) is 7.68.